The van der Waals surface area contributed by atoms with Crippen LogP contribution >= 0.6 is 0 Å². The van der Waals surface area contributed by atoms with Crippen LogP contribution in [-0.4, -0.2) is 17.1 Å². The molecule has 1 aromatic carbocycles. The molecule has 0 amide bonds. The van der Waals surface area contributed by atoms with Gasteiger partial charge in [-0.3, -0.25) is 9.78 Å². The maximum Gasteiger partial charge on any atom is 0.573 e. The summed E-state index contributed by atoms with van der Waals surface area (Å²) < 4.78 is 54.4. The van der Waals surface area contributed by atoms with Crippen LogP contribution in [0.25, 0.3) is 11.1 Å². The third kappa shape index (κ3) is 5.10. The van der Waals surface area contributed by atoms with Crippen molar-refractivity contribution in [2.45, 2.75) is 39.0 Å². The molecule has 3 nitrogen and oxygen atoms in total. The van der Waals surface area contributed by atoms with Crippen molar-refractivity contribution in [2.75, 3.05) is 0 Å². The van der Waals surface area contributed by atoms with Gasteiger partial charge in [0.15, 0.2) is 5.78 Å². The summed E-state index contributed by atoms with van der Waals surface area (Å²) in [5.74, 6) is -1.45. The molecule has 0 N–H and O–H groups in total. The summed E-state index contributed by atoms with van der Waals surface area (Å²) in [5, 5.41) is 0. The van der Waals surface area contributed by atoms with Crippen molar-refractivity contribution in [3.8, 4) is 16.9 Å². The van der Waals surface area contributed by atoms with E-state index in [1.807, 2.05) is 0 Å². The number of ether oxygens (including phenoxy) is 1. The van der Waals surface area contributed by atoms with Crippen LogP contribution in [0, 0.1) is 0 Å². The first-order valence-electron chi connectivity index (χ1n) is 8.90. The Kier molecular flexibility index (Phi) is 6.62. The Hall–Kier alpha value is -2.96. The minimum absolute atomic E-state index is 0.206. The van der Waals surface area contributed by atoms with Gasteiger partial charge in [-0.05, 0) is 44.0 Å². The van der Waals surface area contributed by atoms with E-state index in [9.17, 15) is 22.4 Å². The standard InChI is InChI=1S/C22H21F4NO2/c1-5-18(23)14(3)20(28)21(4,6-2)19-12-9-16(13-27-19)15-7-10-17(11-8-15)29-22(24,25)26/h5,7-13H,3,6H2,1-2,4H3. The number of ketones is 1. The molecule has 1 heterocycles. The van der Waals surface area contributed by atoms with Crippen LogP contribution in [0.15, 0.2) is 66.6 Å². The van der Waals surface area contributed by atoms with Crippen LogP contribution in [0.2, 0.25) is 0 Å². The van der Waals surface area contributed by atoms with Crippen LogP contribution < -0.4 is 4.74 Å². The zero-order chi connectivity index (χ0) is 21.8. The minimum Gasteiger partial charge on any atom is -0.406 e. The summed E-state index contributed by atoms with van der Waals surface area (Å²) in [6, 6.07) is 8.73. The van der Waals surface area contributed by atoms with E-state index in [0.717, 1.165) is 0 Å². The zero-order valence-electron chi connectivity index (χ0n) is 16.3. The first-order valence-corrected chi connectivity index (χ1v) is 8.90. The molecule has 1 aromatic heterocycles. The van der Waals surface area contributed by atoms with Gasteiger partial charge in [0.2, 0.25) is 0 Å². The molecule has 0 bridgehead atoms. The monoisotopic (exact) mass is 407 g/mol. The average Bonchev–Trinajstić information content (AvgIpc) is 2.71. The first kappa shape index (κ1) is 22.3. The lowest BCUT2D eigenvalue weighted by atomic mass is 9.76. The van der Waals surface area contributed by atoms with Crippen molar-refractivity contribution in [3.63, 3.8) is 0 Å². The summed E-state index contributed by atoms with van der Waals surface area (Å²) in [7, 11) is 0. The first-order chi connectivity index (χ1) is 13.5. The Morgan fingerprint density at radius 3 is 2.17 bits per heavy atom. The third-order valence-corrected chi connectivity index (χ3v) is 4.77. The molecule has 0 aliphatic carbocycles. The number of pyridine rings is 1. The molecular weight excluding hydrogens is 386 g/mol. The number of benzene rings is 1. The van der Waals surface area contributed by atoms with Gasteiger partial charge in [-0.25, -0.2) is 4.39 Å². The van der Waals surface area contributed by atoms with Crippen LogP contribution in [0.1, 0.15) is 32.9 Å². The van der Waals surface area contributed by atoms with Gasteiger partial charge in [0.05, 0.1) is 11.1 Å². The van der Waals surface area contributed by atoms with Gasteiger partial charge in [-0.1, -0.05) is 37.8 Å². The van der Waals surface area contributed by atoms with Gasteiger partial charge in [0.25, 0.3) is 0 Å². The Morgan fingerprint density at radius 2 is 1.72 bits per heavy atom. The van der Waals surface area contributed by atoms with Crippen molar-refractivity contribution >= 4 is 5.78 Å². The van der Waals surface area contributed by atoms with Gasteiger partial charge in [-0.15, -0.1) is 13.2 Å². The van der Waals surface area contributed by atoms with E-state index < -0.39 is 23.4 Å². The second-order valence-corrected chi connectivity index (χ2v) is 6.63. The summed E-state index contributed by atoms with van der Waals surface area (Å²) in [5.41, 5.74) is 0.475. The second-order valence-electron chi connectivity index (χ2n) is 6.63. The lowest BCUT2D eigenvalue weighted by molar-refractivity contribution is -0.274. The number of hydrogen-bond acceptors (Lipinski definition) is 3. The number of rotatable bonds is 7. The van der Waals surface area contributed by atoms with E-state index in [2.05, 4.69) is 16.3 Å². The van der Waals surface area contributed by atoms with Crippen molar-refractivity contribution < 1.29 is 27.1 Å². The number of alkyl halides is 3. The van der Waals surface area contributed by atoms with E-state index in [-0.39, 0.29) is 11.3 Å². The molecule has 0 aliphatic heterocycles. The fourth-order valence-corrected chi connectivity index (χ4v) is 2.81. The number of halogens is 4. The van der Waals surface area contributed by atoms with E-state index >= 15 is 0 Å². The fourth-order valence-electron chi connectivity index (χ4n) is 2.81. The second kappa shape index (κ2) is 8.59. The zero-order valence-corrected chi connectivity index (χ0v) is 16.3. The van der Waals surface area contributed by atoms with Gasteiger partial charge in [-0.2, -0.15) is 0 Å². The SMILES string of the molecule is C=C(C(=O)C(C)(CC)c1ccc(-c2ccc(OC(F)(F)F)cc2)cn1)C(F)=CC. The van der Waals surface area contributed by atoms with Gasteiger partial charge < -0.3 is 4.74 Å². The molecule has 0 saturated carbocycles. The molecule has 2 rings (SSSR count). The number of carbonyl (C=O) groups is 1. The summed E-state index contributed by atoms with van der Waals surface area (Å²) in [4.78, 5) is 17.1. The van der Waals surface area contributed by atoms with Crippen molar-refractivity contribution in [1.29, 1.82) is 0 Å². The normalized spacial score (nSPS) is 14.2. The average molecular weight is 407 g/mol. The summed E-state index contributed by atoms with van der Waals surface area (Å²) in [6.45, 7) is 8.51. The third-order valence-electron chi connectivity index (χ3n) is 4.77. The van der Waals surface area contributed by atoms with E-state index in [1.165, 1.54) is 43.5 Å². The smallest absolute Gasteiger partial charge is 0.406 e. The van der Waals surface area contributed by atoms with Crippen LogP contribution in [0.5, 0.6) is 5.75 Å². The highest BCUT2D eigenvalue weighted by atomic mass is 19.4. The molecule has 0 aliphatic rings. The molecule has 29 heavy (non-hydrogen) atoms. The van der Waals surface area contributed by atoms with Crippen LogP contribution in [0.4, 0.5) is 17.6 Å². The summed E-state index contributed by atoms with van der Waals surface area (Å²) in [6.07, 6.45) is -1.67. The van der Waals surface area contributed by atoms with E-state index in [4.69, 9.17) is 0 Å². The topological polar surface area (TPSA) is 39.2 Å². The van der Waals surface area contributed by atoms with Crippen LogP contribution in [0.3, 0.4) is 0 Å². The number of carbonyl (C=O) groups excluding carboxylic acids is 1. The van der Waals surface area contributed by atoms with Gasteiger partial charge >= 0.3 is 6.36 Å². The van der Waals surface area contributed by atoms with Crippen molar-refractivity contribution in [3.05, 3.63) is 72.3 Å². The van der Waals surface area contributed by atoms with E-state index in [0.29, 0.717) is 23.2 Å². The highest BCUT2D eigenvalue weighted by Crippen LogP contribution is 2.33. The minimum atomic E-state index is -4.75. The highest BCUT2D eigenvalue weighted by molar-refractivity contribution is 6.05. The number of hydrogen-bond donors (Lipinski definition) is 0. The predicted molar refractivity (Wildman–Crippen MR) is 103 cm³/mol. The maximum atomic E-state index is 13.8. The summed E-state index contributed by atoms with van der Waals surface area (Å²) >= 11 is 0. The van der Waals surface area contributed by atoms with Crippen molar-refractivity contribution in [1.82, 2.24) is 4.98 Å². The molecule has 0 fully saturated rings. The highest BCUT2D eigenvalue weighted by Gasteiger charge is 2.37. The van der Waals surface area contributed by atoms with Crippen LogP contribution in [-0.2, 0) is 10.2 Å². The number of aromatic nitrogens is 1. The Balaban J connectivity index is 2.28. The largest absolute Gasteiger partial charge is 0.573 e. The van der Waals surface area contributed by atoms with Crippen molar-refractivity contribution in [2.24, 2.45) is 0 Å². The van der Waals surface area contributed by atoms with E-state index in [1.54, 1.807) is 26.0 Å². The number of nitrogens with zero attached hydrogens (tertiary/aromatic N) is 1. The Morgan fingerprint density at radius 1 is 1.14 bits per heavy atom. The fraction of sp³-hybridized carbons (Fsp3) is 0.273. The quantitative estimate of drug-likeness (QED) is 0.307. The van der Waals surface area contributed by atoms with Gasteiger partial charge in [0, 0.05) is 17.3 Å². The Labute approximate surface area is 166 Å². The molecule has 7 heteroatoms. The molecule has 0 saturated heterocycles. The molecular formula is C22H21F4NO2. The number of Topliss-reactive ketones (excluding diaryl/α,β-unsaturated/α-hetero) is 1. The maximum absolute atomic E-state index is 13.8. The molecule has 0 spiro atoms. The molecule has 154 valence electrons. The molecule has 1 unspecified atom stereocenters. The number of allylic oxidation sites excluding steroid dienone is 3. The lowest BCUT2D eigenvalue weighted by Crippen LogP contribution is -2.34. The predicted octanol–water partition coefficient (Wildman–Crippen LogP) is 6.31. The molecule has 2 aromatic rings. The Bertz CT molecular complexity index is 915. The molecule has 1 atom stereocenters. The molecule has 0 radical (unpaired) electrons. The van der Waals surface area contributed by atoms with Gasteiger partial charge in [0.1, 0.15) is 11.6 Å². The lowest BCUT2D eigenvalue weighted by Gasteiger charge is -2.27.